The van der Waals surface area contributed by atoms with E-state index in [1.54, 1.807) is 31.1 Å². The molecule has 2 rings (SSSR count). The van der Waals surface area contributed by atoms with Crippen molar-refractivity contribution in [3.8, 4) is 0 Å². The third-order valence-corrected chi connectivity index (χ3v) is 4.67. The predicted molar refractivity (Wildman–Crippen MR) is 125 cm³/mol. The van der Waals surface area contributed by atoms with Crippen molar-refractivity contribution in [2.24, 2.45) is 4.99 Å². The molecule has 162 valence electrons. The molecule has 0 aromatic heterocycles. The number of carbonyl (C=O) groups excluding carboxylic acids is 1. The molecule has 10 heteroatoms. The molecular formula is C19H31IN6O3. The highest BCUT2D eigenvalue weighted by molar-refractivity contribution is 14.0. The maximum Gasteiger partial charge on any atom is 0.269 e. The largest absolute Gasteiger partial charge is 0.357 e. The molecular weight excluding hydrogens is 487 g/mol. The van der Waals surface area contributed by atoms with Gasteiger partial charge in [-0.2, -0.15) is 0 Å². The quantitative estimate of drug-likeness (QED) is 0.188. The van der Waals surface area contributed by atoms with Crippen molar-refractivity contribution >= 4 is 41.5 Å². The molecule has 2 N–H and O–H groups in total. The summed E-state index contributed by atoms with van der Waals surface area (Å²) >= 11 is 0. The van der Waals surface area contributed by atoms with Gasteiger partial charge in [0.15, 0.2) is 5.96 Å². The molecule has 0 aliphatic carbocycles. The summed E-state index contributed by atoms with van der Waals surface area (Å²) in [5.74, 6) is 0.829. The number of hydrogen-bond acceptors (Lipinski definition) is 5. The van der Waals surface area contributed by atoms with E-state index >= 15 is 0 Å². The van der Waals surface area contributed by atoms with Gasteiger partial charge in [0.2, 0.25) is 5.91 Å². The second kappa shape index (κ2) is 12.6. The molecule has 0 radical (unpaired) electrons. The first-order valence-electron chi connectivity index (χ1n) is 9.59. The normalized spacial score (nSPS) is 15.3. The van der Waals surface area contributed by atoms with Crippen molar-refractivity contribution in [2.75, 3.05) is 40.3 Å². The molecule has 29 heavy (non-hydrogen) atoms. The average molecular weight is 518 g/mol. The number of rotatable bonds is 7. The van der Waals surface area contributed by atoms with Gasteiger partial charge in [-0.25, -0.2) is 4.99 Å². The molecule has 0 atom stereocenters. The van der Waals surface area contributed by atoms with Crippen molar-refractivity contribution < 1.29 is 9.72 Å². The van der Waals surface area contributed by atoms with E-state index in [9.17, 15) is 14.9 Å². The lowest BCUT2D eigenvalue weighted by Crippen LogP contribution is -2.50. The average Bonchev–Trinajstić information content (AvgIpc) is 2.68. The molecule has 1 aromatic rings. The van der Waals surface area contributed by atoms with Gasteiger partial charge in [0.05, 0.1) is 18.0 Å². The van der Waals surface area contributed by atoms with Gasteiger partial charge in [0.25, 0.3) is 5.69 Å². The minimum absolute atomic E-state index is 0. The summed E-state index contributed by atoms with van der Waals surface area (Å²) in [4.78, 5) is 30.7. The first kappa shape index (κ1) is 25.1. The van der Waals surface area contributed by atoms with Crippen LogP contribution in [-0.2, 0) is 11.3 Å². The van der Waals surface area contributed by atoms with Crippen LogP contribution >= 0.6 is 24.0 Å². The van der Waals surface area contributed by atoms with Gasteiger partial charge >= 0.3 is 0 Å². The number of likely N-dealkylation sites (N-methyl/N-ethyl adjacent to an activating group) is 1. The van der Waals surface area contributed by atoms with Crippen molar-refractivity contribution in [1.29, 1.82) is 0 Å². The van der Waals surface area contributed by atoms with Crippen LogP contribution in [-0.4, -0.2) is 72.9 Å². The number of piperidine rings is 1. The second-order valence-electron chi connectivity index (χ2n) is 7.11. The number of guanidine groups is 1. The van der Waals surface area contributed by atoms with Crippen molar-refractivity contribution in [1.82, 2.24) is 20.4 Å². The Morgan fingerprint density at radius 1 is 1.34 bits per heavy atom. The minimum atomic E-state index is -0.397. The van der Waals surface area contributed by atoms with E-state index in [1.807, 2.05) is 13.0 Å². The topological polar surface area (TPSA) is 103 Å². The summed E-state index contributed by atoms with van der Waals surface area (Å²) in [6.07, 6.45) is 1.86. The number of non-ortho nitro benzene ring substituents is 1. The van der Waals surface area contributed by atoms with Crippen LogP contribution in [0.5, 0.6) is 0 Å². The number of nitro benzene ring substituents is 1. The van der Waals surface area contributed by atoms with Crippen LogP contribution in [0.25, 0.3) is 0 Å². The van der Waals surface area contributed by atoms with Gasteiger partial charge < -0.3 is 15.5 Å². The number of halogens is 1. The maximum atomic E-state index is 11.8. The predicted octanol–water partition coefficient (Wildman–Crippen LogP) is 1.82. The van der Waals surface area contributed by atoms with Gasteiger partial charge in [-0.15, -0.1) is 24.0 Å². The highest BCUT2D eigenvalue weighted by Gasteiger charge is 2.22. The molecule has 0 saturated carbocycles. The summed E-state index contributed by atoms with van der Waals surface area (Å²) in [7, 11) is 3.55. The summed E-state index contributed by atoms with van der Waals surface area (Å²) in [5.41, 5.74) is 0.869. The molecule has 1 saturated heterocycles. The molecule has 9 nitrogen and oxygen atoms in total. The number of aliphatic imine (C=N–C) groups is 1. The molecule has 1 aliphatic rings. The SMILES string of the molecule is CCNC(=NCc1cccc([N+](=O)[O-])c1)NC1CCN(CC(=O)N(C)C)CC1.I. The molecule has 0 unspecified atom stereocenters. The van der Waals surface area contributed by atoms with Gasteiger partial charge in [0.1, 0.15) is 0 Å². The number of amides is 1. The summed E-state index contributed by atoms with van der Waals surface area (Å²) in [6.45, 7) is 5.29. The lowest BCUT2D eigenvalue weighted by Gasteiger charge is -2.33. The van der Waals surface area contributed by atoms with Crippen molar-refractivity contribution in [3.05, 3.63) is 39.9 Å². The van der Waals surface area contributed by atoms with E-state index in [4.69, 9.17) is 0 Å². The van der Waals surface area contributed by atoms with Crippen molar-refractivity contribution in [2.45, 2.75) is 32.4 Å². The van der Waals surface area contributed by atoms with Crippen LogP contribution < -0.4 is 10.6 Å². The van der Waals surface area contributed by atoms with Crippen LogP contribution in [0.2, 0.25) is 0 Å². The molecule has 1 amide bonds. The standard InChI is InChI=1S/C19H30N6O3.HI/c1-4-20-19(21-13-15-6-5-7-17(12-15)25(27)28)22-16-8-10-24(11-9-16)14-18(26)23(2)3;/h5-7,12,16H,4,8-11,13-14H2,1-3H3,(H2,20,21,22);1H. The lowest BCUT2D eigenvalue weighted by atomic mass is 10.1. The fourth-order valence-electron chi connectivity index (χ4n) is 3.02. The summed E-state index contributed by atoms with van der Waals surface area (Å²) in [5, 5.41) is 17.6. The van der Waals surface area contributed by atoms with Crippen molar-refractivity contribution in [3.63, 3.8) is 0 Å². The van der Waals surface area contributed by atoms with Gasteiger partial charge in [0, 0.05) is 51.9 Å². The minimum Gasteiger partial charge on any atom is -0.357 e. The molecule has 0 bridgehead atoms. The zero-order chi connectivity index (χ0) is 20.5. The van der Waals surface area contributed by atoms with Gasteiger partial charge in [-0.1, -0.05) is 12.1 Å². The number of hydrogen-bond donors (Lipinski definition) is 2. The van der Waals surface area contributed by atoms with E-state index in [0.717, 1.165) is 38.0 Å². The van der Waals surface area contributed by atoms with E-state index < -0.39 is 4.92 Å². The maximum absolute atomic E-state index is 11.8. The van der Waals surface area contributed by atoms with E-state index in [1.165, 1.54) is 6.07 Å². The number of likely N-dealkylation sites (tertiary alicyclic amines) is 1. The van der Waals surface area contributed by atoms with E-state index in [2.05, 4.69) is 20.5 Å². The van der Waals surface area contributed by atoms with Crippen LogP contribution in [0.4, 0.5) is 5.69 Å². The number of nitrogens with one attached hydrogen (secondary N) is 2. The Balaban J connectivity index is 0.00000420. The fraction of sp³-hybridized carbons (Fsp3) is 0.579. The summed E-state index contributed by atoms with van der Waals surface area (Å²) in [6, 6.07) is 6.82. The highest BCUT2D eigenvalue weighted by Crippen LogP contribution is 2.14. The van der Waals surface area contributed by atoms with Crippen LogP contribution in [0.1, 0.15) is 25.3 Å². The number of benzene rings is 1. The number of nitro groups is 1. The first-order valence-corrected chi connectivity index (χ1v) is 9.59. The van der Waals surface area contributed by atoms with Crippen LogP contribution in [0, 0.1) is 10.1 Å². The first-order chi connectivity index (χ1) is 13.4. The smallest absolute Gasteiger partial charge is 0.269 e. The molecule has 1 aliphatic heterocycles. The zero-order valence-electron chi connectivity index (χ0n) is 17.3. The number of nitrogens with zero attached hydrogens (tertiary/aromatic N) is 4. The second-order valence-corrected chi connectivity index (χ2v) is 7.11. The Hall–Kier alpha value is -1.95. The highest BCUT2D eigenvalue weighted by atomic mass is 127. The molecule has 0 spiro atoms. The Kier molecular flexibility index (Phi) is 10.9. The molecule has 1 aromatic carbocycles. The Bertz CT molecular complexity index is 705. The van der Waals surface area contributed by atoms with E-state index in [-0.39, 0.29) is 41.6 Å². The molecule has 1 fully saturated rings. The van der Waals surface area contributed by atoms with Gasteiger partial charge in [-0.3, -0.25) is 19.8 Å². The third kappa shape index (κ3) is 8.52. The number of carbonyl (C=O) groups is 1. The van der Waals surface area contributed by atoms with Crippen LogP contribution in [0.3, 0.4) is 0 Å². The monoisotopic (exact) mass is 518 g/mol. The fourth-order valence-corrected chi connectivity index (χ4v) is 3.02. The van der Waals surface area contributed by atoms with Gasteiger partial charge in [-0.05, 0) is 25.3 Å². The third-order valence-electron chi connectivity index (χ3n) is 4.67. The summed E-state index contributed by atoms with van der Waals surface area (Å²) < 4.78 is 0. The molecule has 1 heterocycles. The van der Waals surface area contributed by atoms with Crippen LogP contribution in [0.15, 0.2) is 29.3 Å². The lowest BCUT2D eigenvalue weighted by molar-refractivity contribution is -0.384. The zero-order valence-corrected chi connectivity index (χ0v) is 19.6. The van der Waals surface area contributed by atoms with E-state index in [0.29, 0.717) is 19.0 Å². The Morgan fingerprint density at radius 2 is 2.03 bits per heavy atom. The Morgan fingerprint density at radius 3 is 2.62 bits per heavy atom. The Labute approximate surface area is 189 Å².